The van der Waals surface area contributed by atoms with Crippen LogP contribution in [0.1, 0.15) is 47.8 Å². The number of benzene rings is 3. The van der Waals surface area contributed by atoms with Crippen molar-refractivity contribution in [3.8, 4) is 16.9 Å². The number of rotatable bonds is 7. The van der Waals surface area contributed by atoms with Crippen LogP contribution in [0.2, 0.25) is 0 Å². The summed E-state index contributed by atoms with van der Waals surface area (Å²) in [5.41, 5.74) is 4.90. The Bertz CT molecular complexity index is 1600. The molecule has 5 rings (SSSR count). The normalized spacial score (nSPS) is 15.8. The van der Waals surface area contributed by atoms with Crippen LogP contribution in [0.4, 0.5) is 14.6 Å². The fourth-order valence-corrected chi connectivity index (χ4v) is 6.21. The molecule has 41 heavy (non-hydrogen) atoms. The van der Waals surface area contributed by atoms with E-state index < -0.39 is 16.9 Å². The maximum atomic E-state index is 15.4. The Labute approximate surface area is 242 Å². The molecule has 2 amide bonds. The van der Waals surface area contributed by atoms with Crippen molar-refractivity contribution in [1.29, 1.82) is 0 Å². The highest BCUT2D eigenvalue weighted by Gasteiger charge is 2.39. The summed E-state index contributed by atoms with van der Waals surface area (Å²) in [4.78, 5) is 28.4. The lowest BCUT2D eigenvalue weighted by Gasteiger charge is -2.24. The number of aromatic nitrogens is 2. The molecular formula is C32H32F2N4O2S. The molecule has 9 heteroatoms. The molecular weight excluding hydrogens is 542 g/mol. The van der Waals surface area contributed by atoms with Crippen molar-refractivity contribution in [2.24, 2.45) is 0 Å². The van der Waals surface area contributed by atoms with Gasteiger partial charge in [0.05, 0.1) is 22.4 Å². The second-order valence-corrected chi connectivity index (χ2v) is 11.4. The van der Waals surface area contributed by atoms with Crippen molar-refractivity contribution in [3.05, 3.63) is 101 Å². The maximum Gasteiger partial charge on any atom is 0.240 e. The zero-order chi connectivity index (χ0) is 29.3. The number of aryl methyl sites for hydroxylation is 1. The van der Waals surface area contributed by atoms with Crippen LogP contribution in [0, 0.1) is 25.5 Å². The van der Waals surface area contributed by atoms with E-state index in [4.69, 9.17) is 5.10 Å². The fourth-order valence-electron chi connectivity index (χ4n) is 4.99. The van der Waals surface area contributed by atoms with Crippen molar-refractivity contribution in [2.75, 3.05) is 17.2 Å². The van der Waals surface area contributed by atoms with E-state index in [1.54, 1.807) is 4.68 Å². The molecule has 1 aliphatic rings. The van der Waals surface area contributed by atoms with Gasteiger partial charge in [-0.1, -0.05) is 55.5 Å². The molecule has 212 valence electrons. The number of anilines is 1. The summed E-state index contributed by atoms with van der Waals surface area (Å²) in [6.45, 7) is 7.63. The molecule has 4 aromatic rings. The Morgan fingerprint density at radius 1 is 1.10 bits per heavy atom. The smallest absolute Gasteiger partial charge is 0.240 e. The molecule has 0 spiro atoms. The lowest BCUT2D eigenvalue weighted by atomic mass is 9.99. The number of amides is 2. The Kier molecular flexibility index (Phi) is 8.26. The number of nitrogens with zero attached hydrogens (tertiary/aromatic N) is 3. The number of halogens is 2. The maximum absolute atomic E-state index is 15.4. The molecule has 1 N–H and O–H groups in total. The van der Waals surface area contributed by atoms with Gasteiger partial charge in [-0.15, -0.1) is 11.8 Å². The van der Waals surface area contributed by atoms with Crippen LogP contribution < -0.4 is 10.2 Å². The van der Waals surface area contributed by atoms with E-state index >= 15 is 4.39 Å². The fraction of sp³-hybridized carbons (Fsp3) is 0.281. The molecule has 0 radical (unpaired) electrons. The van der Waals surface area contributed by atoms with E-state index in [2.05, 4.69) is 5.32 Å². The summed E-state index contributed by atoms with van der Waals surface area (Å²) < 4.78 is 31.1. The van der Waals surface area contributed by atoms with Crippen LogP contribution >= 0.6 is 11.8 Å². The minimum absolute atomic E-state index is 0.00615. The molecule has 0 saturated carbocycles. The first kappa shape index (κ1) is 28.5. The van der Waals surface area contributed by atoms with Gasteiger partial charge < -0.3 is 5.32 Å². The van der Waals surface area contributed by atoms with Gasteiger partial charge in [0.25, 0.3) is 0 Å². The van der Waals surface area contributed by atoms with Crippen LogP contribution in [0.15, 0.2) is 66.7 Å². The van der Waals surface area contributed by atoms with Gasteiger partial charge in [0, 0.05) is 28.8 Å². The molecule has 2 heterocycles. The van der Waals surface area contributed by atoms with E-state index in [-0.39, 0.29) is 35.7 Å². The molecule has 0 fully saturated rings. The van der Waals surface area contributed by atoms with E-state index in [9.17, 15) is 14.0 Å². The number of thioether (sulfide) groups is 1. The zero-order valence-corrected chi connectivity index (χ0v) is 24.3. The SMILES string of the molecule is CC[C@H](C)NC(=O)CN1C(=O)CS[C@H](c2ccc(F)cc2F)c2c(-c3ccccc3)nn(-c3cccc(C)c3C)c21. The molecule has 3 aromatic carbocycles. The van der Waals surface area contributed by atoms with E-state index in [1.807, 2.05) is 76.2 Å². The molecule has 0 saturated heterocycles. The Balaban J connectivity index is 1.82. The largest absolute Gasteiger partial charge is 0.352 e. The highest BCUT2D eigenvalue weighted by Crippen LogP contribution is 2.49. The van der Waals surface area contributed by atoms with Crippen molar-refractivity contribution in [3.63, 3.8) is 0 Å². The van der Waals surface area contributed by atoms with Gasteiger partial charge in [0.1, 0.15) is 24.0 Å². The number of hydrogen-bond donors (Lipinski definition) is 1. The minimum atomic E-state index is -0.706. The number of hydrogen-bond acceptors (Lipinski definition) is 4. The molecule has 2 atom stereocenters. The van der Waals surface area contributed by atoms with E-state index in [0.717, 1.165) is 34.9 Å². The highest BCUT2D eigenvalue weighted by atomic mass is 32.2. The van der Waals surface area contributed by atoms with Gasteiger partial charge in [-0.2, -0.15) is 5.10 Å². The zero-order valence-electron chi connectivity index (χ0n) is 23.4. The molecule has 0 aliphatic carbocycles. The molecule has 1 aliphatic heterocycles. The predicted octanol–water partition coefficient (Wildman–Crippen LogP) is 6.52. The third-order valence-electron chi connectivity index (χ3n) is 7.51. The van der Waals surface area contributed by atoms with Gasteiger partial charge in [-0.25, -0.2) is 13.5 Å². The van der Waals surface area contributed by atoms with E-state index in [1.165, 1.54) is 28.8 Å². The first-order chi connectivity index (χ1) is 19.7. The lowest BCUT2D eigenvalue weighted by Crippen LogP contribution is -2.44. The van der Waals surface area contributed by atoms with Crippen LogP contribution in [0.3, 0.4) is 0 Å². The molecule has 0 bridgehead atoms. The molecule has 1 aromatic heterocycles. The standard InChI is InChI=1S/C32H32F2N4O2S/c1-5-20(3)35-27(39)17-37-28(40)18-41-31(24-15-14-23(33)16-25(24)34)29-30(22-11-7-6-8-12-22)36-38(32(29)37)26-13-9-10-19(2)21(26)4/h6-16,20,31H,5,17-18H2,1-4H3,(H,35,39)/t20-,31+/m0/s1. The van der Waals surface area contributed by atoms with Crippen molar-refractivity contribution in [1.82, 2.24) is 15.1 Å². The Hall–Kier alpha value is -3.98. The first-order valence-corrected chi connectivity index (χ1v) is 14.7. The van der Waals surface area contributed by atoms with Crippen molar-refractivity contribution >= 4 is 29.4 Å². The summed E-state index contributed by atoms with van der Waals surface area (Å²) in [5.74, 6) is -1.59. The quantitative estimate of drug-likeness (QED) is 0.273. The number of nitrogens with one attached hydrogen (secondary N) is 1. The van der Waals surface area contributed by atoms with Gasteiger partial charge in [0.15, 0.2) is 0 Å². The predicted molar refractivity (Wildman–Crippen MR) is 159 cm³/mol. The number of fused-ring (bicyclic) bond motifs is 1. The molecule has 6 nitrogen and oxygen atoms in total. The lowest BCUT2D eigenvalue weighted by molar-refractivity contribution is -0.123. The highest BCUT2D eigenvalue weighted by molar-refractivity contribution is 8.00. The Morgan fingerprint density at radius 3 is 2.56 bits per heavy atom. The summed E-state index contributed by atoms with van der Waals surface area (Å²) >= 11 is 1.24. The summed E-state index contributed by atoms with van der Waals surface area (Å²) in [6.07, 6.45) is 0.741. The van der Waals surface area contributed by atoms with Crippen LogP contribution in [-0.2, 0) is 9.59 Å². The summed E-state index contributed by atoms with van der Waals surface area (Å²) in [7, 11) is 0. The van der Waals surface area contributed by atoms with Gasteiger partial charge in [-0.05, 0) is 50.5 Å². The molecule has 0 unspecified atom stereocenters. The third-order valence-corrected chi connectivity index (χ3v) is 8.74. The van der Waals surface area contributed by atoms with Crippen LogP contribution in [0.5, 0.6) is 0 Å². The van der Waals surface area contributed by atoms with Gasteiger partial charge in [0.2, 0.25) is 11.8 Å². The van der Waals surface area contributed by atoms with Crippen LogP contribution in [0.25, 0.3) is 16.9 Å². The van der Waals surface area contributed by atoms with Crippen LogP contribution in [-0.4, -0.2) is 39.9 Å². The van der Waals surface area contributed by atoms with Gasteiger partial charge in [-0.3, -0.25) is 14.5 Å². The third kappa shape index (κ3) is 5.63. The average molecular weight is 575 g/mol. The average Bonchev–Trinajstić information content (AvgIpc) is 3.28. The van der Waals surface area contributed by atoms with Crippen molar-refractivity contribution in [2.45, 2.75) is 45.4 Å². The first-order valence-electron chi connectivity index (χ1n) is 13.6. The number of carbonyl (C=O) groups excluding carboxylic acids is 2. The Morgan fingerprint density at radius 2 is 1.85 bits per heavy atom. The number of carbonyl (C=O) groups is 2. The summed E-state index contributed by atoms with van der Waals surface area (Å²) in [5, 5.41) is 7.31. The monoisotopic (exact) mass is 574 g/mol. The van der Waals surface area contributed by atoms with Gasteiger partial charge >= 0.3 is 0 Å². The van der Waals surface area contributed by atoms with E-state index in [0.29, 0.717) is 17.1 Å². The van der Waals surface area contributed by atoms with Crippen molar-refractivity contribution < 1.29 is 18.4 Å². The summed E-state index contributed by atoms with van der Waals surface area (Å²) in [6, 6.07) is 18.7. The minimum Gasteiger partial charge on any atom is -0.352 e. The second kappa shape index (κ2) is 11.9. The second-order valence-electron chi connectivity index (χ2n) is 10.3. The topological polar surface area (TPSA) is 67.2 Å².